The van der Waals surface area contributed by atoms with Gasteiger partial charge in [0.05, 0.1) is 6.61 Å². The normalized spacial score (nSPS) is 36.2. The van der Waals surface area contributed by atoms with Crippen molar-refractivity contribution in [1.29, 1.82) is 0 Å². The van der Waals surface area contributed by atoms with E-state index >= 15 is 0 Å². The molecule has 0 aliphatic carbocycles. The number of rotatable bonds is 2. The van der Waals surface area contributed by atoms with Crippen LogP contribution in [0.15, 0.2) is 0 Å². The zero-order chi connectivity index (χ0) is 9.26. The maximum atomic E-state index is 5.42. The van der Waals surface area contributed by atoms with Gasteiger partial charge in [-0.15, -0.1) is 0 Å². The van der Waals surface area contributed by atoms with E-state index in [2.05, 4.69) is 18.7 Å². The van der Waals surface area contributed by atoms with Crippen molar-refractivity contribution in [3.63, 3.8) is 0 Å². The van der Waals surface area contributed by atoms with Crippen molar-refractivity contribution >= 4 is 0 Å². The number of hydrogen-bond acceptors (Lipinski definition) is 2. The lowest BCUT2D eigenvalue weighted by molar-refractivity contribution is 0.155. The zero-order valence-corrected chi connectivity index (χ0v) is 8.83. The fourth-order valence-corrected chi connectivity index (χ4v) is 2.50. The maximum Gasteiger partial charge on any atom is 0.0622 e. The van der Waals surface area contributed by atoms with Crippen LogP contribution >= 0.6 is 0 Å². The molecule has 0 N–H and O–H groups in total. The third kappa shape index (κ3) is 2.05. The summed E-state index contributed by atoms with van der Waals surface area (Å²) in [5, 5.41) is 0. The maximum absolute atomic E-state index is 5.42. The lowest BCUT2D eigenvalue weighted by atomic mass is 9.95. The predicted molar refractivity (Wildman–Crippen MR) is 53.7 cm³/mol. The third-order valence-electron chi connectivity index (χ3n) is 3.62. The summed E-state index contributed by atoms with van der Waals surface area (Å²) in [7, 11) is 0. The van der Waals surface area contributed by atoms with Gasteiger partial charge in [0.2, 0.25) is 0 Å². The molecule has 2 atom stereocenters. The molecule has 2 aliphatic rings. The molecular weight excluding hydrogens is 162 g/mol. The Hall–Kier alpha value is -0.0800. The summed E-state index contributed by atoms with van der Waals surface area (Å²) in [5.74, 6) is 1.79. The lowest BCUT2D eigenvalue weighted by Crippen LogP contribution is -2.34. The van der Waals surface area contributed by atoms with Crippen LogP contribution in [0.25, 0.3) is 0 Å². The van der Waals surface area contributed by atoms with E-state index in [1.165, 1.54) is 25.9 Å². The highest BCUT2D eigenvalue weighted by atomic mass is 16.5. The van der Waals surface area contributed by atoms with Gasteiger partial charge in [-0.2, -0.15) is 0 Å². The molecule has 76 valence electrons. The van der Waals surface area contributed by atoms with Crippen LogP contribution in [0, 0.1) is 11.8 Å². The molecule has 0 bridgehead atoms. The minimum atomic E-state index is 0.740. The number of ether oxygens (including phenoxy) is 1. The Bertz CT molecular complexity index is 163. The van der Waals surface area contributed by atoms with E-state index in [0.717, 1.165) is 31.1 Å². The molecule has 0 aromatic heterocycles. The van der Waals surface area contributed by atoms with Crippen molar-refractivity contribution in [2.24, 2.45) is 11.8 Å². The molecule has 2 heterocycles. The smallest absolute Gasteiger partial charge is 0.0622 e. The van der Waals surface area contributed by atoms with Crippen LogP contribution in [0.5, 0.6) is 0 Å². The lowest BCUT2D eigenvalue weighted by Gasteiger charge is -2.23. The van der Waals surface area contributed by atoms with E-state index in [0.29, 0.717) is 0 Å². The van der Waals surface area contributed by atoms with Gasteiger partial charge in [-0.05, 0) is 31.2 Å². The molecule has 0 amide bonds. The summed E-state index contributed by atoms with van der Waals surface area (Å²) in [6.07, 6.45) is 2.65. The van der Waals surface area contributed by atoms with Crippen molar-refractivity contribution in [2.45, 2.75) is 32.7 Å². The van der Waals surface area contributed by atoms with Gasteiger partial charge in [0.25, 0.3) is 0 Å². The Balaban J connectivity index is 1.83. The Kier molecular flexibility index (Phi) is 2.89. The SMILES string of the molecule is CC(C)C1CCN(C2CCOC2)C1. The first-order valence-corrected chi connectivity index (χ1v) is 5.59. The number of hydrogen-bond donors (Lipinski definition) is 0. The van der Waals surface area contributed by atoms with Crippen molar-refractivity contribution in [1.82, 2.24) is 4.90 Å². The van der Waals surface area contributed by atoms with Crippen molar-refractivity contribution in [3.05, 3.63) is 0 Å². The van der Waals surface area contributed by atoms with Gasteiger partial charge in [-0.1, -0.05) is 13.8 Å². The van der Waals surface area contributed by atoms with Crippen molar-refractivity contribution in [2.75, 3.05) is 26.3 Å². The monoisotopic (exact) mass is 183 g/mol. The predicted octanol–water partition coefficient (Wildman–Crippen LogP) is 1.75. The Morgan fingerprint density at radius 1 is 1.31 bits per heavy atom. The summed E-state index contributed by atoms with van der Waals surface area (Å²) in [6.45, 7) is 9.26. The van der Waals surface area contributed by atoms with E-state index < -0.39 is 0 Å². The largest absolute Gasteiger partial charge is 0.380 e. The van der Waals surface area contributed by atoms with E-state index in [4.69, 9.17) is 4.74 Å². The van der Waals surface area contributed by atoms with Crippen LogP contribution < -0.4 is 0 Å². The molecule has 0 radical (unpaired) electrons. The molecule has 0 aromatic carbocycles. The fourth-order valence-electron chi connectivity index (χ4n) is 2.50. The topological polar surface area (TPSA) is 12.5 Å². The molecule has 2 rings (SSSR count). The second-order valence-electron chi connectivity index (χ2n) is 4.81. The van der Waals surface area contributed by atoms with Gasteiger partial charge in [-0.25, -0.2) is 0 Å². The molecule has 0 spiro atoms. The Labute approximate surface area is 81.3 Å². The van der Waals surface area contributed by atoms with Gasteiger partial charge in [0.15, 0.2) is 0 Å². The third-order valence-corrected chi connectivity index (χ3v) is 3.62. The highest BCUT2D eigenvalue weighted by Crippen LogP contribution is 2.27. The summed E-state index contributed by atoms with van der Waals surface area (Å²) in [5.41, 5.74) is 0. The first-order valence-electron chi connectivity index (χ1n) is 5.59. The van der Waals surface area contributed by atoms with Gasteiger partial charge < -0.3 is 4.74 Å². The molecule has 0 aromatic rings. The Morgan fingerprint density at radius 2 is 2.15 bits per heavy atom. The highest BCUT2D eigenvalue weighted by molar-refractivity contribution is 4.84. The second-order valence-corrected chi connectivity index (χ2v) is 4.81. The van der Waals surface area contributed by atoms with Crippen LogP contribution in [-0.2, 0) is 4.74 Å². The van der Waals surface area contributed by atoms with E-state index in [9.17, 15) is 0 Å². The average molecular weight is 183 g/mol. The highest BCUT2D eigenvalue weighted by Gasteiger charge is 2.31. The molecular formula is C11H21NO. The summed E-state index contributed by atoms with van der Waals surface area (Å²) in [6, 6.07) is 0.740. The van der Waals surface area contributed by atoms with Crippen LogP contribution in [0.1, 0.15) is 26.7 Å². The molecule has 2 aliphatic heterocycles. The van der Waals surface area contributed by atoms with Crippen molar-refractivity contribution < 1.29 is 4.74 Å². The fraction of sp³-hybridized carbons (Fsp3) is 1.00. The summed E-state index contributed by atoms with van der Waals surface area (Å²) < 4.78 is 5.42. The second kappa shape index (κ2) is 3.97. The quantitative estimate of drug-likeness (QED) is 0.646. The van der Waals surface area contributed by atoms with Gasteiger partial charge in [0.1, 0.15) is 0 Å². The first kappa shape index (κ1) is 9.47. The summed E-state index contributed by atoms with van der Waals surface area (Å²) in [4.78, 5) is 2.64. The van der Waals surface area contributed by atoms with Crippen LogP contribution in [0.2, 0.25) is 0 Å². The molecule has 0 saturated carbocycles. The van der Waals surface area contributed by atoms with Gasteiger partial charge in [0, 0.05) is 19.2 Å². The van der Waals surface area contributed by atoms with Crippen LogP contribution in [0.3, 0.4) is 0 Å². The van der Waals surface area contributed by atoms with E-state index in [-0.39, 0.29) is 0 Å². The zero-order valence-electron chi connectivity index (χ0n) is 8.83. The standard InChI is InChI=1S/C11H21NO/c1-9(2)10-3-5-12(7-10)11-4-6-13-8-11/h9-11H,3-8H2,1-2H3. The first-order chi connectivity index (χ1) is 6.27. The molecule has 2 nitrogen and oxygen atoms in total. The number of likely N-dealkylation sites (tertiary alicyclic amines) is 1. The molecule has 2 heteroatoms. The van der Waals surface area contributed by atoms with Gasteiger partial charge >= 0.3 is 0 Å². The summed E-state index contributed by atoms with van der Waals surface area (Å²) >= 11 is 0. The minimum Gasteiger partial charge on any atom is -0.380 e. The molecule has 2 fully saturated rings. The molecule has 2 unspecified atom stereocenters. The van der Waals surface area contributed by atoms with E-state index in [1.54, 1.807) is 0 Å². The minimum absolute atomic E-state index is 0.740. The molecule has 13 heavy (non-hydrogen) atoms. The van der Waals surface area contributed by atoms with E-state index in [1.807, 2.05) is 0 Å². The van der Waals surface area contributed by atoms with Crippen LogP contribution in [0.4, 0.5) is 0 Å². The van der Waals surface area contributed by atoms with Crippen LogP contribution in [-0.4, -0.2) is 37.2 Å². The Morgan fingerprint density at radius 3 is 2.69 bits per heavy atom. The average Bonchev–Trinajstić information content (AvgIpc) is 2.75. The molecule has 2 saturated heterocycles. The van der Waals surface area contributed by atoms with Gasteiger partial charge in [-0.3, -0.25) is 4.90 Å². The number of nitrogens with zero attached hydrogens (tertiary/aromatic N) is 1. The van der Waals surface area contributed by atoms with Crippen molar-refractivity contribution in [3.8, 4) is 0 Å².